The van der Waals surface area contributed by atoms with Crippen LogP contribution in [0, 0.1) is 5.82 Å². The molecular formula is C14H13FN2OS. The Morgan fingerprint density at radius 2 is 2.16 bits per heavy atom. The molecule has 1 heterocycles. The van der Waals surface area contributed by atoms with Gasteiger partial charge >= 0.3 is 0 Å². The lowest BCUT2D eigenvalue weighted by atomic mass is 10.3. The summed E-state index contributed by atoms with van der Waals surface area (Å²) in [6.07, 6.45) is 2.21. The Morgan fingerprint density at radius 1 is 1.37 bits per heavy atom. The quantitative estimate of drug-likeness (QED) is 0.873. The SMILES string of the molecule is O=c1cc(C2CC2)nc(CSc2ccccc2F)[nH]1. The molecule has 3 nitrogen and oxygen atoms in total. The standard InChI is InChI=1S/C14H13FN2OS/c15-10-3-1-2-4-12(10)19-8-13-16-11(9-5-6-9)7-14(18)17-13/h1-4,7,9H,5-6,8H2,(H,16,17,18). The third-order valence-electron chi connectivity index (χ3n) is 3.01. The second kappa shape index (κ2) is 5.17. The van der Waals surface area contributed by atoms with E-state index in [1.165, 1.54) is 17.8 Å². The van der Waals surface area contributed by atoms with Crippen molar-refractivity contribution in [2.45, 2.75) is 29.4 Å². The zero-order valence-corrected chi connectivity index (χ0v) is 11.0. The lowest BCUT2D eigenvalue weighted by molar-refractivity contribution is 0.602. The van der Waals surface area contributed by atoms with Gasteiger partial charge in [0.25, 0.3) is 5.56 Å². The Balaban J connectivity index is 1.76. The number of aromatic amines is 1. The first kappa shape index (κ1) is 12.4. The highest BCUT2D eigenvalue weighted by Gasteiger charge is 2.25. The number of halogens is 1. The first-order chi connectivity index (χ1) is 9.22. The van der Waals surface area contributed by atoms with E-state index in [2.05, 4.69) is 9.97 Å². The van der Waals surface area contributed by atoms with Gasteiger partial charge in [-0.25, -0.2) is 9.37 Å². The van der Waals surface area contributed by atoms with Crippen molar-refractivity contribution >= 4 is 11.8 Å². The lowest BCUT2D eigenvalue weighted by Crippen LogP contribution is -2.11. The Hall–Kier alpha value is -1.62. The third kappa shape index (κ3) is 3.04. The van der Waals surface area contributed by atoms with Gasteiger partial charge in [-0.05, 0) is 25.0 Å². The van der Waals surface area contributed by atoms with Crippen molar-refractivity contribution in [2.75, 3.05) is 0 Å². The number of nitrogens with one attached hydrogen (secondary N) is 1. The summed E-state index contributed by atoms with van der Waals surface area (Å²) < 4.78 is 13.5. The van der Waals surface area contributed by atoms with Crippen molar-refractivity contribution in [3.63, 3.8) is 0 Å². The van der Waals surface area contributed by atoms with Gasteiger partial charge in [0.1, 0.15) is 11.6 Å². The van der Waals surface area contributed by atoms with Crippen LogP contribution in [0.3, 0.4) is 0 Å². The summed E-state index contributed by atoms with van der Waals surface area (Å²) in [7, 11) is 0. The van der Waals surface area contributed by atoms with E-state index in [4.69, 9.17) is 0 Å². The van der Waals surface area contributed by atoms with Crippen LogP contribution in [0.15, 0.2) is 40.0 Å². The Kier molecular flexibility index (Phi) is 3.38. The van der Waals surface area contributed by atoms with Gasteiger partial charge in [-0.2, -0.15) is 0 Å². The average Bonchev–Trinajstić information content (AvgIpc) is 3.21. The van der Waals surface area contributed by atoms with Crippen molar-refractivity contribution in [3.8, 4) is 0 Å². The molecule has 98 valence electrons. The molecule has 1 saturated carbocycles. The van der Waals surface area contributed by atoms with E-state index in [0.717, 1.165) is 18.5 Å². The van der Waals surface area contributed by atoms with Crippen molar-refractivity contribution in [2.24, 2.45) is 0 Å². The van der Waals surface area contributed by atoms with Gasteiger partial charge in [0.05, 0.1) is 11.4 Å². The van der Waals surface area contributed by atoms with Crippen LogP contribution in [-0.2, 0) is 5.75 Å². The highest BCUT2D eigenvalue weighted by atomic mass is 32.2. The maximum Gasteiger partial charge on any atom is 0.251 e. The molecule has 0 amide bonds. The molecule has 1 aromatic carbocycles. The summed E-state index contributed by atoms with van der Waals surface area (Å²) in [5.74, 6) is 1.28. The molecule has 1 N–H and O–H groups in total. The zero-order valence-electron chi connectivity index (χ0n) is 10.2. The molecule has 1 aromatic heterocycles. The minimum Gasteiger partial charge on any atom is -0.310 e. The summed E-state index contributed by atoms with van der Waals surface area (Å²) in [5, 5.41) is 0. The monoisotopic (exact) mass is 276 g/mol. The highest BCUT2D eigenvalue weighted by molar-refractivity contribution is 7.98. The molecule has 0 unspecified atom stereocenters. The fourth-order valence-electron chi connectivity index (χ4n) is 1.89. The lowest BCUT2D eigenvalue weighted by Gasteiger charge is -2.04. The number of rotatable bonds is 4. The molecule has 1 aliphatic rings. The van der Waals surface area contributed by atoms with Gasteiger partial charge in [0.15, 0.2) is 0 Å². The van der Waals surface area contributed by atoms with Crippen LogP contribution < -0.4 is 5.56 Å². The topological polar surface area (TPSA) is 45.8 Å². The van der Waals surface area contributed by atoms with E-state index in [1.54, 1.807) is 24.3 Å². The van der Waals surface area contributed by atoms with Gasteiger partial charge in [0.2, 0.25) is 0 Å². The molecule has 5 heteroatoms. The van der Waals surface area contributed by atoms with Crippen molar-refractivity contribution in [1.82, 2.24) is 9.97 Å². The minimum atomic E-state index is -0.242. The first-order valence-electron chi connectivity index (χ1n) is 6.20. The largest absolute Gasteiger partial charge is 0.310 e. The Bertz CT molecular complexity index is 652. The molecular weight excluding hydrogens is 263 g/mol. The van der Waals surface area contributed by atoms with Crippen LogP contribution in [0.25, 0.3) is 0 Å². The van der Waals surface area contributed by atoms with Crippen LogP contribution in [0.2, 0.25) is 0 Å². The van der Waals surface area contributed by atoms with Gasteiger partial charge in [-0.1, -0.05) is 12.1 Å². The molecule has 0 aliphatic heterocycles. The number of thioether (sulfide) groups is 1. The maximum absolute atomic E-state index is 13.5. The molecule has 1 fully saturated rings. The number of nitrogens with zero attached hydrogens (tertiary/aromatic N) is 1. The molecule has 0 spiro atoms. The predicted molar refractivity (Wildman–Crippen MR) is 72.8 cm³/mol. The summed E-state index contributed by atoms with van der Waals surface area (Å²) in [6.45, 7) is 0. The smallest absolute Gasteiger partial charge is 0.251 e. The number of hydrogen-bond donors (Lipinski definition) is 1. The summed E-state index contributed by atoms with van der Waals surface area (Å²) in [6, 6.07) is 8.17. The van der Waals surface area contributed by atoms with Crippen molar-refractivity contribution in [3.05, 3.63) is 58.0 Å². The van der Waals surface area contributed by atoms with Gasteiger partial charge < -0.3 is 4.98 Å². The molecule has 1 aliphatic carbocycles. The zero-order chi connectivity index (χ0) is 13.2. The van der Waals surface area contributed by atoms with Crippen molar-refractivity contribution in [1.29, 1.82) is 0 Å². The molecule has 0 atom stereocenters. The molecule has 0 radical (unpaired) electrons. The molecule has 0 bridgehead atoms. The summed E-state index contributed by atoms with van der Waals surface area (Å²) in [5.41, 5.74) is 0.744. The molecule has 19 heavy (non-hydrogen) atoms. The number of H-pyrrole nitrogens is 1. The highest BCUT2D eigenvalue weighted by Crippen LogP contribution is 2.38. The second-order valence-corrected chi connectivity index (χ2v) is 5.63. The minimum absolute atomic E-state index is 0.124. The van der Waals surface area contributed by atoms with Crippen LogP contribution >= 0.6 is 11.8 Å². The summed E-state index contributed by atoms with van der Waals surface area (Å²) >= 11 is 1.34. The van der Waals surface area contributed by atoms with Crippen LogP contribution in [0.5, 0.6) is 0 Å². The fourth-order valence-corrected chi connectivity index (χ4v) is 2.70. The summed E-state index contributed by atoms with van der Waals surface area (Å²) in [4.78, 5) is 19.3. The van der Waals surface area contributed by atoms with Crippen LogP contribution in [0.4, 0.5) is 4.39 Å². The molecule has 2 aromatic rings. The van der Waals surface area contributed by atoms with E-state index < -0.39 is 0 Å². The first-order valence-corrected chi connectivity index (χ1v) is 7.18. The third-order valence-corrected chi connectivity index (χ3v) is 4.07. The Morgan fingerprint density at radius 3 is 2.89 bits per heavy atom. The molecule has 3 rings (SSSR count). The van der Waals surface area contributed by atoms with E-state index in [9.17, 15) is 9.18 Å². The van der Waals surface area contributed by atoms with Crippen LogP contribution in [-0.4, -0.2) is 9.97 Å². The van der Waals surface area contributed by atoms with Crippen molar-refractivity contribution < 1.29 is 4.39 Å². The number of benzene rings is 1. The van der Waals surface area contributed by atoms with Gasteiger partial charge in [-0.15, -0.1) is 11.8 Å². The van der Waals surface area contributed by atoms with E-state index in [1.807, 2.05) is 0 Å². The van der Waals surface area contributed by atoms with E-state index >= 15 is 0 Å². The normalized spacial score (nSPS) is 14.6. The predicted octanol–water partition coefficient (Wildman–Crippen LogP) is 3.08. The van der Waals surface area contributed by atoms with E-state index in [0.29, 0.717) is 22.4 Å². The van der Waals surface area contributed by atoms with E-state index in [-0.39, 0.29) is 11.4 Å². The van der Waals surface area contributed by atoms with Crippen LogP contribution in [0.1, 0.15) is 30.3 Å². The Labute approximate surface area is 114 Å². The second-order valence-electron chi connectivity index (χ2n) is 4.61. The van der Waals surface area contributed by atoms with Gasteiger partial charge in [-0.3, -0.25) is 4.79 Å². The maximum atomic E-state index is 13.5. The fraction of sp³-hybridized carbons (Fsp3) is 0.286. The number of aromatic nitrogens is 2. The molecule has 0 saturated heterocycles. The van der Waals surface area contributed by atoms with Gasteiger partial charge in [0, 0.05) is 16.9 Å². The number of hydrogen-bond acceptors (Lipinski definition) is 3. The average molecular weight is 276 g/mol.